The van der Waals surface area contributed by atoms with Gasteiger partial charge in [0, 0.05) is 53.7 Å². The quantitative estimate of drug-likeness (QED) is 0.193. The van der Waals surface area contributed by atoms with Crippen molar-refractivity contribution in [2.75, 3.05) is 4.90 Å². The number of rotatable bonds is 5. The van der Waals surface area contributed by atoms with Crippen LogP contribution in [0.3, 0.4) is 0 Å². The lowest BCUT2D eigenvalue weighted by Crippen LogP contribution is -2.09. The van der Waals surface area contributed by atoms with E-state index >= 15 is 0 Å². The van der Waals surface area contributed by atoms with Gasteiger partial charge in [0.25, 0.3) is 0 Å². The largest absolute Gasteiger partial charge is 0.310 e. The second kappa shape index (κ2) is 10.5. The number of thiophene rings is 1. The number of fused-ring (bicyclic) bond motifs is 6. The zero-order chi connectivity index (χ0) is 29.7. The Morgan fingerprint density at radius 1 is 0.378 bits per heavy atom. The van der Waals surface area contributed by atoms with Crippen molar-refractivity contribution in [3.63, 3.8) is 0 Å². The SMILES string of the molecule is c1ccc(-c2ccc(N(c3ccc4sc5ccccc5c4c3)c3ccc4c(c3)c3ccccc3n4-c3ccccc3)cc2)cc1. The van der Waals surface area contributed by atoms with Gasteiger partial charge in [-0.15, -0.1) is 11.3 Å². The molecule has 0 radical (unpaired) electrons. The van der Waals surface area contributed by atoms with Crippen LogP contribution in [0.4, 0.5) is 17.1 Å². The molecular weight excluding hydrogens is 565 g/mol. The molecule has 0 fully saturated rings. The molecule has 9 rings (SSSR count). The number of nitrogens with zero attached hydrogens (tertiary/aromatic N) is 2. The fourth-order valence-corrected chi connectivity index (χ4v) is 7.78. The van der Waals surface area contributed by atoms with Crippen molar-refractivity contribution in [2.45, 2.75) is 0 Å². The molecule has 45 heavy (non-hydrogen) atoms. The number of benzene rings is 7. The number of anilines is 3. The highest BCUT2D eigenvalue weighted by atomic mass is 32.1. The van der Waals surface area contributed by atoms with Gasteiger partial charge in [-0.1, -0.05) is 97.1 Å². The molecule has 0 saturated heterocycles. The van der Waals surface area contributed by atoms with Crippen LogP contribution in [0.2, 0.25) is 0 Å². The molecule has 0 atom stereocenters. The third kappa shape index (κ3) is 4.32. The summed E-state index contributed by atoms with van der Waals surface area (Å²) in [6.07, 6.45) is 0. The molecule has 3 heteroatoms. The highest BCUT2D eigenvalue weighted by Crippen LogP contribution is 2.43. The average Bonchev–Trinajstić information content (AvgIpc) is 3.65. The summed E-state index contributed by atoms with van der Waals surface area (Å²) in [5, 5.41) is 5.08. The molecule has 7 aromatic carbocycles. The predicted molar refractivity (Wildman–Crippen MR) is 194 cm³/mol. The molecule has 0 aliphatic rings. The maximum Gasteiger partial charge on any atom is 0.0542 e. The second-order valence-corrected chi connectivity index (χ2v) is 12.5. The van der Waals surface area contributed by atoms with Crippen molar-refractivity contribution in [1.29, 1.82) is 0 Å². The van der Waals surface area contributed by atoms with Crippen LogP contribution in [-0.4, -0.2) is 4.57 Å². The van der Waals surface area contributed by atoms with Gasteiger partial charge in [0.15, 0.2) is 0 Å². The molecule has 0 spiro atoms. The van der Waals surface area contributed by atoms with Crippen LogP contribution in [0.25, 0.3) is 58.8 Å². The zero-order valence-corrected chi connectivity index (χ0v) is 25.3. The third-order valence-electron chi connectivity index (χ3n) is 8.78. The monoisotopic (exact) mass is 592 g/mol. The first-order chi connectivity index (χ1) is 22.3. The standard InChI is InChI=1S/C42H28N2S/c1-3-11-29(12-4-1)30-19-21-32(22-20-30)43(34-24-26-42-38(28-34)36-16-8-10-18-41(36)45-42)33-23-25-40-37(27-33)35-15-7-9-17-39(35)44(40)31-13-5-2-6-14-31/h1-28H. The van der Waals surface area contributed by atoms with Crippen LogP contribution in [0.15, 0.2) is 170 Å². The summed E-state index contributed by atoms with van der Waals surface area (Å²) in [5.41, 5.74) is 9.40. The summed E-state index contributed by atoms with van der Waals surface area (Å²) in [5.74, 6) is 0. The van der Waals surface area contributed by atoms with Gasteiger partial charge in [-0.05, 0) is 83.9 Å². The summed E-state index contributed by atoms with van der Waals surface area (Å²) in [7, 11) is 0. The van der Waals surface area contributed by atoms with E-state index in [1.165, 1.54) is 58.8 Å². The molecule has 0 bridgehead atoms. The molecular formula is C42H28N2S. The maximum absolute atomic E-state index is 2.40. The molecule has 0 unspecified atom stereocenters. The number of hydrogen-bond donors (Lipinski definition) is 0. The Kier molecular flexibility index (Phi) is 6.03. The van der Waals surface area contributed by atoms with Gasteiger partial charge in [-0.3, -0.25) is 0 Å². The molecule has 212 valence electrons. The van der Waals surface area contributed by atoms with E-state index in [0.29, 0.717) is 0 Å². The smallest absolute Gasteiger partial charge is 0.0542 e. The number of hydrogen-bond acceptors (Lipinski definition) is 2. The molecule has 2 nitrogen and oxygen atoms in total. The topological polar surface area (TPSA) is 8.17 Å². The van der Waals surface area contributed by atoms with Crippen LogP contribution < -0.4 is 4.90 Å². The van der Waals surface area contributed by atoms with Crippen molar-refractivity contribution < 1.29 is 0 Å². The molecule has 2 aromatic heterocycles. The minimum atomic E-state index is 1.12. The van der Waals surface area contributed by atoms with E-state index < -0.39 is 0 Å². The third-order valence-corrected chi connectivity index (χ3v) is 9.93. The first-order valence-corrected chi connectivity index (χ1v) is 16.1. The summed E-state index contributed by atoms with van der Waals surface area (Å²) >= 11 is 1.86. The summed E-state index contributed by atoms with van der Waals surface area (Å²) in [4.78, 5) is 2.40. The minimum absolute atomic E-state index is 1.12. The van der Waals surface area contributed by atoms with Crippen LogP contribution in [-0.2, 0) is 0 Å². The Labute approximate surface area is 265 Å². The molecule has 0 aliphatic heterocycles. The van der Waals surface area contributed by atoms with Gasteiger partial charge in [0.2, 0.25) is 0 Å². The van der Waals surface area contributed by atoms with E-state index in [0.717, 1.165) is 17.1 Å². The fraction of sp³-hybridized carbons (Fsp3) is 0. The van der Waals surface area contributed by atoms with E-state index in [-0.39, 0.29) is 0 Å². The van der Waals surface area contributed by atoms with E-state index in [9.17, 15) is 0 Å². The highest BCUT2D eigenvalue weighted by molar-refractivity contribution is 7.25. The van der Waals surface area contributed by atoms with E-state index in [1.807, 2.05) is 11.3 Å². The molecule has 0 N–H and O–H groups in total. The molecule has 0 saturated carbocycles. The van der Waals surface area contributed by atoms with Crippen molar-refractivity contribution in [3.8, 4) is 16.8 Å². The van der Waals surface area contributed by atoms with Crippen LogP contribution in [0, 0.1) is 0 Å². The zero-order valence-electron chi connectivity index (χ0n) is 24.5. The highest BCUT2D eigenvalue weighted by Gasteiger charge is 2.18. The van der Waals surface area contributed by atoms with Gasteiger partial charge in [-0.25, -0.2) is 0 Å². The minimum Gasteiger partial charge on any atom is -0.310 e. The number of para-hydroxylation sites is 2. The van der Waals surface area contributed by atoms with E-state index in [2.05, 4.69) is 179 Å². The fourth-order valence-electron chi connectivity index (χ4n) is 6.69. The van der Waals surface area contributed by atoms with Gasteiger partial charge < -0.3 is 9.47 Å². The predicted octanol–water partition coefficient (Wildman–Crippen LogP) is 12.3. The first-order valence-electron chi connectivity index (χ1n) is 15.3. The maximum atomic E-state index is 2.40. The van der Waals surface area contributed by atoms with Crippen molar-refractivity contribution in [1.82, 2.24) is 4.57 Å². The van der Waals surface area contributed by atoms with Gasteiger partial charge in [0.1, 0.15) is 0 Å². The molecule has 0 aliphatic carbocycles. The van der Waals surface area contributed by atoms with E-state index in [1.54, 1.807) is 0 Å². The van der Waals surface area contributed by atoms with Crippen LogP contribution in [0.5, 0.6) is 0 Å². The molecule has 0 amide bonds. The van der Waals surface area contributed by atoms with Crippen LogP contribution >= 0.6 is 11.3 Å². The average molecular weight is 593 g/mol. The Morgan fingerprint density at radius 2 is 0.933 bits per heavy atom. The lowest BCUT2D eigenvalue weighted by molar-refractivity contribution is 1.18. The van der Waals surface area contributed by atoms with Crippen molar-refractivity contribution in [2.24, 2.45) is 0 Å². The Hall–Kier alpha value is -5.64. The number of aromatic nitrogens is 1. The summed E-state index contributed by atoms with van der Waals surface area (Å²) in [6.45, 7) is 0. The lowest BCUT2D eigenvalue weighted by atomic mass is 10.0. The Bertz CT molecular complexity index is 2470. The summed E-state index contributed by atoms with van der Waals surface area (Å²) < 4.78 is 5.00. The molecule has 2 heterocycles. The first kappa shape index (κ1) is 25.8. The lowest BCUT2D eigenvalue weighted by Gasteiger charge is -2.26. The van der Waals surface area contributed by atoms with Crippen molar-refractivity contribution >= 4 is 70.4 Å². The Balaban J connectivity index is 1.26. The molecule has 9 aromatic rings. The van der Waals surface area contributed by atoms with Crippen LogP contribution in [0.1, 0.15) is 0 Å². The Morgan fingerprint density at radius 3 is 1.73 bits per heavy atom. The van der Waals surface area contributed by atoms with Crippen molar-refractivity contribution in [3.05, 3.63) is 170 Å². The van der Waals surface area contributed by atoms with Gasteiger partial charge in [-0.2, -0.15) is 0 Å². The second-order valence-electron chi connectivity index (χ2n) is 11.4. The van der Waals surface area contributed by atoms with Gasteiger partial charge >= 0.3 is 0 Å². The normalized spacial score (nSPS) is 11.6. The van der Waals surface area contributed by atoms with E-state index in [4.69, 9.17) is 0 Å². The van der Waals surface area contributed by atoms with Gasteiger partial charge in [0.05, 0.1) is 11.0 Å². The summed E-state index contributed by atoms with van der Waals surface area (Å²) in [6, 6.07) is 61.4.